The molecule has 3 aromatic rings. The number of pyridine rings is 1. The highest BCUT2D eigenvalue weighted by molar-refractivity contribution is 5.94. The molecule has 0 unspecified atom stereocenters. The van der Waals surface area contributed by atoms with Crippen LogP contribution < -0.4 is 9.64 Å². The van der Waals surface area contributed by atoms with E-state index in [9.17, 15) is 4.79 Å². The van der Waals surface area contributed by atoms with Crippen molar-refractivity contribution in [2.75, 3.05) is 38.8 Å². The molecular weight excluding hydrogens is 438 g/mol. The van der Waals surface area contributed by atoms with Gasteiger partial charge in [0.05, 0.1) is 25.4 Å². The lowest BCUT2D eigenvalue weighted by Crippen LogP contribution is -2.47. The van der Waals surface area contributed by atoms with Crippen LogP contribution in [0.4, 0.5) is 5.69 Å². The third kappa shape index (κ3) is 5.03. The number of methoxy groups -OCH3 is 1. The van der Waals surface area contributed by atoms with Crippen LogP contribution in [0.15, 0.2) is 72.9 Å². The highest BCUT2D eigenvalue weighted by atomic mass is 16.5. The van der Waals surface area contributed by atoms with Gasteiger partial charge >= 0.3 is 0 Å². The molecule has 1 atom stereocenters. The van der Waals surface area contributed by atoms with E-state index in [1.54, 1.807) is 13.3 Å². The highest BCUT2D eigenvalue weighted by Crippen LogP contribution is 2.38. The number of hydrogen-bond donors (Lipinski definition) is 0. The van der Waals surface area contributed by atoms with E-state index >= 15 is 0 Å². The summed E-state index contributed by atoms with van der Waals surface area (Å²) in [4.78, 5) is 22.1. The molecule has 0 N–H and O–H groups in total. The Morgan fingerprint density at radius 1 is 1.11 bits per heavy atom. The summed E-state index contributed by atoms with van der Waals surface area (Å²) >= 11 is 0. The maximum atomic E-state index is 13.3. The molecular formula is C29H33N3O3. The third-order valence-corrected chi connectivity index (χ3v) is 7.49. The quantitative estimate of drug-likeness (QED) is 0.527. The molecule has 182 valence electrons. The summed E-state index contributed by atoms with van der Waals surface area (Å²) < 4.78 is 11.8. The van der Waals surface area contributed by atoms with Gasteiger partial charge in [-0.15, -0.1) is 0 Å². The second kappa shape index (κ2) is 10.1. The molecule has 5 rings (SSSR count). The molecule has 2 saturated heterocycles. The van der Waals surface area contributed by atoms with Gasteiger partial charge in [-0.25, -0.2) is 0 Å². The van der Waals surface area contributed by atoms with Crippen LogP contribution in [0.1, 0.15) is 40.9 Å². The minimum absolute atomic E-state index is 0.0690. The van der Waals surface area contributed by atoms with Crippen molar-refractivity contribution in [3.8, 4) is 5.75 Å². The molecule has 35 heavy (non-hydrogen) atoms. The number of ether oxygens (including phenoxy) is 2. The molecule has 6 nitrogen and oxygen atoms in total. The van der Waals surface area contributed by atoms with Gasteiger partial charge in [0.1, 0.15) is 5.75 Å². The van der Waals surface area contributed by atoms with E-state index in [-0.39, 0.29) is 11.5 Å². The summed E-state index contributed by atoms with van der Waals surface area (Å²) in [6.45, 7) is 2.16. The van der Waals surface area contributed by atoms with Gasteiger partial charge in [-0.05, 0) is 49.6 Å². The first-order chi connectivity index (χ1) is 17.1. The fraction of sp³-hybridized carbons (Fsp3) is 0.379. The number of likely N-dealkylation sites (N-methyl/N-ethyl adjacent to an activating group) is 1. The Hall–Kier alpha value is -3.38. The van der Waals surface area contributed by atoms with Crippen LogP contribution in [0.2, 0.25) is 0 Å². The number of carbonyl (C=O) groups excluding carboxylic acids is 1. The van der Waals surface area contributed by atoms with E-state index in [0.29, 0.717) is 31.1 Å². The number of para-hydroxylation sites is 2. The molecule has 1 spiro atoms. The second-order valence-electron chi connectivity index (χ2n) is 9.62. The van der Waals surface area contributed by atoms with Crippen molar-refractivity contribution < 1.29 is 14.3 Å². The maximum Gasteiger partial charge on any atom is 0.253 e. The highest BCUT2D eigenvalue weighted by Gasteiger charge is 2.44. The standard InChI is InChI=1S/C29H33N3O3/c1-31(25-9-4-3-5-10-25)26-20-29(35-21-26)13-16-32(17-14-29)28(33)23-12-15-30-24(19-23)18-22-8-6-7-11-27(22)34-2/h3-12,15,19,26H,13-14,16-18,20-21H2,1-2H3/t26-/m1/s1. The molecule has 6 heteroatoms. The molecule has 0 radical (unpaired) electrons. The summed E-state index contributed by atoms with van der Waals surface area (Å²) in [5, 5.41) is 0. The normalized spacial score (nSPS) is 19.0. The number of carbonyl (C=O) groups is 1. The number of amides is 1. The molecule has 0 bridgehead atoms. The predicted molar refractivity (Wildman–Crippen MR) is 137 cm³/mol. The second-order valence-corrected chi connectivity index (χ2v) is 9.62. The zero-order chi connectivity index (χ0) is 24.3. The van der Waals surface area contributed by atoms with Crippen molar-refractivity contribution in [3.05, 3.63) is 89.7 Å². The van der Waals surface area contributed by atoms with Crippen LogP contribution >= 0.6 is 0 Å². The molecule has 0 saturated carbocycles. The van der Waals surface area contributed by atoms with Gasteiger partial charge in [0.15, 0.2) is 0 Å². The first-order valence-electron chi connectivity index (χ1n) is 12.3. The molecule has 2 aliphatic heterocycles. The van der Waals surface area contributed by atoms with Gasteiger partial charge in [0.2, 0.25) is 0 Å². The van der Waals surface area contributed by atoms with E-state index in [0.717, 1.165) is 42.9 Å². The summed E-state index contributed by atoms with van der Waals surface area (Å²) in [7, 11) is 3.82. The van der Waals surface area contributed by atoms with Crippen LogP contribution in [0.3, 0.4) is 0 Å². The molecule has 2 fully saturated rings. The van der Waals surface area contributed by atoms with Crippen molar-refractivity contribution in [1.82, 2.24) is 9.88 Å². The first kappa shape index (κ1) is 23.4. The molecule has 0 aliphatic carbocycles. The largest absolute Gasteiger partial charge is 0.496 e. The average Bonchev–Trinajstić information content (AvgIpc) is 3.32. The maximum absolute atomic E-state index is 13.3. The average molecular weight is 472 g/mol. The fourth-order valence-corrected chi connectivity index (χ4v) is 5.34. The lowest BCUT2D eigenvalue weighted by atomic mass is 9.87. The Bertz CT molecular complexity index is 1160. The number of nitrogens with zero attached hydrogens (tertiary/aromatic N) is 3. The van der Waals surface area contributed by atoms with E-state index in [1.165, 1.54) is 5.69 Å². The van der Waals surface area contributed by atoms with Gasteiger partial charge in [0.25, 0.3) is 5.91 Å². The number of benzene rings is 2. The van der Waals surface area contributed by atoms with Crippen LogP contribution in [-0.4, -0.2) is 61.3 Å². The Balaban J connectivity index is 1.20. The summed E-state index contributed by atoms with van der Waals surface area (Å²) in [5.41, 5.74) is 3.69. The van der Waals surface area contributed by atoms with E-state index in [2.05, 4.69) is 41.2 Å². The van der Waals surface area contributed by atoms with Crippen molar-refractivity contribution in [3.63, 3.8) is 0 Å². The van der Waals surface area contributed by atoms with Gasteiger partial charge in [-0.2, -0.15) is 0 Å². The van der Waals surface area contributed by atoms with Crippen LogP contribution in [0.5, 0.6) is 5.75 Å². The third-order valence-electron chi connectivity index (χ3n) is 7.49. The monoisotopic (exact) mass is 471 g/mol. The summed E-state index contributed by atoms with van der Waals surface area (Å²) in [5.74, 6) is 0.902. The van der Waals surface area contributed by atoms with Gasteiger partial charge in [0, 0.05) is 55.3 Å². The van der Waals surface area contributed by atoms with Gasteiger partial charge < -0.3 is 19.3 Å². The van der Waals surface area contributed by atoms with Gasteiger partial charge in [-0.3, -0.25) is 9.78 Å². The van der Waals surface area contributed by atoms with Crippen molar-refractivity contribution in [2.45, 2.75) is 37.3 Å². The van der Waals surface area contributed by atoms with Crippen LogP contribution in [-0.2, 0) is 11.2 Å². The molecule has 1 amide bonds. The lowest BCUT2D eigenvalue weighted by molar-refractivity contribution is -0.0388. The SMILES string of the molecule is COc1ccccc1Cc1cc(C(=O)N2CCC3(CC2)C[C@@H](N(C)c2ccccc2)CO3)ccn1. The topological polar surface area (TPSA) is 54.9 Å². The Morgan fingerprint density at radius 3 is 2.63 bits per heavy atom. The minimum Gasteiger partial charge on any atom is -0.496 e. The molecule has 2 aromatic carbocycles. The van der Waals surface area contributed by atoms with Crippen LogP contribution in [0, 0.1) is 0 Å². The van der Waals surface area contributed by atoms with Gasteiger partial charge in [-0.1, -0.05) is 36.4 Å². The Labute approximate surface area is 207 Å². The Morgan fingerprint density at radius 2 is 1.86 bits per heavy atom. The number of aromatic nitrogens is 1. The number of anilines is 1. The molecule has 3 heterocycles. The van der Waals surface area contributed by atoms with Crippen LogP contribution in [0.25, 0.3) is 0 Å². The zero-order valence-electron chi connectivity index (χ0n) is 20.5. The number of rotatable bonds is 6. The molecule has 1 aromatic heterocycles. The van der Waals surface area contributed by atoms with E-state index in [1.807, 2.05) is 47.4 Å². The Kier molecular flexibility index (Phi) is 6.73. The van der Waals surface area contributed by atoms with Crippen molar-refractivity contribution in [2.24, 2.45) is 0 Å². The summed E-state index contributed by atoms with van der Waals surface area (Å²) in [6, 6.07) is 22.5. The number of likely N-dealkylation sites (tertiary alicyclic amines) is 1. The number of hydrogen-bond acceptors (Lipinski definition) is 5. The molecule has 2 aliphatic rings. The van der Waals surface area contributed by atoms with Crippen molar-refractivity contribution >= 4 is 11.6 Å². The van der Waals surface area contributed by atoms with E-state index < -0.39 is 0 Å². The lowest BCUT2D eigenvalue weighted by Gasteiger charge is -2.39. The minimum atomic E-state index is -0.127. The smallest absolute Gasteiger partial charge is 0.253 e. The number of piperidine rings is 1. The first-order valence-corrected chi connectivity index (χ1v) is 12.3. The predicted octanol–water partition coefficient (Wildman–Crippen LogP) is 4.58. The fourth-order valence-electron chi connectivity index (χ4n) is 5.34. The zero-order valence-corrected chi connectivity index (χ0v) is 20.5. The van der Waals surface area contributed by atoms with Crippen molar-refractivity contribution in [1.29, 1.82) is 0 Å². The van der Waals surface area contributed by atoms with E-state index in [4.69, 9.17) is 9.47 Å². The summed E-state index contributed by atoms with van der Waals surface area (Å²) in [6.07, 6.45) is 5.10.